The average Bonchev–Trinajstić information content (AvgIpc) is 2.94. The molecule has 0 saturated heterocycles. The third-order valence-corrected chi connectivity index (χ3v) is 3.29. The van der Waals surface area contributed by atoms with Crippen molar-refractivity contribution in [3.05, 3.63) is 29.6 Å². The highest BCUT2D eigenvalue weighted by atomic mass is 16.4. The molecule has 2 rings (SSSR count). The molecule has 0 spiro atoms. The average molecular weight is 234 g/mol. The number of nitrogens with one attached hydrogen (secondary N) is 1. The first-order valence-electron chi connectivity index (χ1n) is 5.70. The Kier molecular flexibility index (Phi) is 3.02. The molecule has 1 heterocycles. The summed E-state index contributed by atoms with van der Waals surface area (Å²) in [4.78, 5) is 4.13. The fourth-order valence-electron chi connectivity index (χ4n) is 1.91. The zero-order valence-corrected chi connectivity index (χ0v) is 10.1. The van der Waals surface area contributed by atoms with Crippen molar-refractivity contribution < 1.29 is 5.21 Å². The molecule has 5 nitrogen and oxygen atoms in total. The molecular formula is C12H18N4O. The van der Waals surface area contributed by atoms with E-state index in [1.165, 1.54) is 6.42 Å². The normalized spacial score (nSPS) is 22.5. The Morgan fingerprint density at radius 3 is 3.00 bits per heavy atom. The lowest BCUT2D eigenvalue weighted by Crippen LogP contribution is -2.24. The van der Waals surface area contributed by atoms with Gasteiger partial charge in [-0.3, -0.25) is 4.98 Å². The molecule has 1 atom stereocenters. The third-order valence-electron chi connectivity index (χ3n) is 3.29. The summed E-state index contributed by atoms with van der Waals surface area (Å²) >= 11 is 0. The van der Waals surface area contributed by atoms with Gasteiger partial charge >= 0.3 is 0 Å². The van der Waals surface area contributed by atoms with Crippen LogP contribution in [-0.4, -0.2) is 22.1 Å². The molecule has 1 fully saturated rings. The summed E-state index contributed by atoms with van der Waals surface area (Å²) < 4.78 is 0. The molecule has 1 aromatic rings. The van der Waals surface area contributed by atoms with Gasteiger partial charge < -0.3 is 16.3 Å². The molecule has 1 unspecified atom stereocenters. The summed E-state index contributed by atoms with van der Waals surface area (Å²) in [5.74, 6) is 0.0532. The zero-order valence-electron chi connectivity index (χ0n) is 10.1. The van der Waals surface area contributed by atoms with Crippen LogP contribution in [0.5, 0.6) is 0 Å². The van der Waals surface area contributed by atoms with Gasteiger partial charge in [-0.2, -0.15) is 0 Å². The van der Waals surface area contributed by atoms with Crippen LogP contribution in [0, 0.1) is 5.41 Å². The van der Waals surface area contributed by atoms with Gasteiger partial charge in [-0.05, 0) is 23.5 Å². The molecule has 0 aliphatic heterocycles. The van der Waals surface area contributed by atoms with Crippen LogP contribution in [0.1, 0.15) is 31.5 Å². The minimum atomic E-state index is 0.0532. The van der Waals surface area contributed by atoms with Crippen LogP contribution in [0.2, 0.25) is 0 Å². The molecule has 4 N–H and O–H groups in total. The fourth-order valence-corrected chi connectivity index (χ4v) is 1.91. The maximum Gasteiger partial charge on any atom is 0.189 e. The lowest BCUT2D eigenvalue weighted by atomic mass is 10.1. The Balaban J connectivity index is 2.06. The molecule has 1 aromatic heterocycles. The molecule has 92 valence electrons. The van der Waals surface area contributed by atoms with E-state index in [0.717, 1.165) is 5.56 Å². The fraction of sp³-hybridized carbons (Fsp3) is 0.500. The second-order valence-corrected chi connectivity index (χ2v) is 5.12. The van der Waals surface area contributed by atoms with Crippen molar-refractivity contribution in [3.8, 4) is 0 Å². The summed E-state index contributed by atoms with van der Waals surface area (Å²) in [7, 11) is 0. The first kappa shape index (κ1) is 11.9. The predicted molar refractivity (Wildman–Crippen MR) is 65.8 cm³/mol. The molecule has 1 saturated carbocycles. The smallest absolute Gasteiger partial charge is 0.189 e. The van der Waals surface area contributed by atoms with Crippen LogP contribution in [0.4, 0.5) is 0 Å². The number of rotatable bonds is 4. The van der Waals surface area contributed by atoms with Crippen molar-refractivity contribution in [3.63, 3.8) is 0 Å². The van der Waals surface area contributed by atoms with Gasteiger partial charge in [0, 0.05) is 18.8 Å². The van der Waals surface area contributed by atoms with Crippen molar-refractivity contribution in [1.29, 1.82) is 0 Å². The Morgan fingerprint density at radius 2 is 2.41 bits per heavy atom. The molecule has 0 amide bonds. The van der Waals surface area contributed by atoms with Crippen molar-refractivity contribution >= 4 is 5.84 Å². The van der Waals surface area contributed by atoms with Gasteiger partial charge in [0.25, 0.3) is 0 Å². The molecule has 5 heteroatoms. The standard InChI is InChI=1S/C12H18N4O/c1-12(2)6-9(12)15-7-8-4-3-5-14-10(8)11(13)16-17/h3-5,9,15,17H,6-7H2,1-2H3,(H2,13,16). The van der Waals surface area contributed by atoms with Crippen LogP contribution >= 0.6 is 0 Å². The number of aromatic nitrogens is 1. The topological polar surface area (TPSA) is 83.5 Å². The highest BCUT2D eigenvalue weighted by Gasteiger charge is 2.45. The van der Waals surface area contributed by atoms with Gasteiger partial charge in [-0.1, -0.05) is 25.1 Å². The summed E-state index contributed by atoms with van der Waals surface area (Å²) in [6.07, 6.45) is 2.82. The number of nitrogens with two attached hydrogens (primary N) is 1. The molecule has 17 heavy (non-hydrogen) atoms. The first-order chi connectivity index (χ1) is 8.04. The lowest BCUT2D eigenvalue weighted by molar-refractivity contribution is 0.318. The van der Waals surface area contributed by atoms with Gasteiger partial charge in [-0.15, -0.1) is 0 Å². The van der Waals surface area contributed by atoms with Crippen molar-refractivity contribution in [2.45, 2.75) is 32.9 Å². The second-order valence-electron chi connectivity index (χ2n) is 5.12. The zero-order chi connectivity index (χ0) is 12.5. The molecule has 1 aliphatic rings. The number of nitrogens with zero attached hydrogens (tertiary/aromatic N) is 2. The molecule has 1 aliphatic carbocycles. The Morgan fingerprint density at radius 1 is 1.71 bits per heavy atom. The van der Waals surface area contributed by atoms with E-state index in [-0.39, 0.29) is 5.84 Å². The Labute approximate surface area is 101 Å². The maximum atomic E-state index is 8.69. The number of amidine groups is 1. The number of pyridine rings is 1. The van der Waals surface area contributed by atoms with Crippen molar-refractivity contribution in [1.82, 2.24) is 10.3 Å². The summed E-state index contributed by atoms with van der Waals surface area (Å²) in [5, 5.41) is 15.1. The lowest BCUT2D eigenvalue weighted by Gasteiger charge is -2.09. The van der Waals surface area contributed by atoms with E-state index in [2.05, 4.69) is 29.3 Å². The predicted octanol–water partition coefficient (Wildman–Crippen LogP) is 1.06. The van der Waals surface area contributed by atoms with Crippen molar-refractivity contribution in [2.75, 3.05) is 0 Å². The van der Waals surface area contributed by atoms with Crippen LogP contribution in [0.25, 0.3) is 0 Å². The van der Waals surface area contributed by atoms with Crippen LogP contribution < -0.4 is 11.1 Å². The van der Waals surface area contributed by atoms with E-state index >= 15 is 0 Å². The summed E-state index contributed by atoms with van der Waals surface area (Å²) in [6, 6.07) is 4.33. The third kappa shape index (κ3) is 2.55. The van der Waals surface area contributed by atoms with Crippen LogP contribution in [0.3, 0.4) is 0 Å². The van der Waals surface area contributed by atoms with Crippen LogP contribution in [-0.2, 0) is 6.54 Å². The Bertz CT molecular complexity index is 442. The van der Waals surface area contributed by atoms with E-state index in [9.17, 15) is 0 Å². The molecular weight excluding hydrogens is 216 g/mol. The van der Waals surface area contributed by atoms with E-state index in [1.807, 2.05) is 12.1 Å². The van der Waals surface area contributed by atoms with Crippen LogP contribution in [0.15, 0.2) is 23.5 Å². The molecule has 0 bridgehead atoms. The van der Waals surface area contributed by atoms with Gasteiger partial charge in [0.05, 0.1) is 0 Å². The summed E-state index contributed by atoms with van der Waals surface area (Å²) in [5.41, 5.74) is 7.46. The van der Waals surface area contributed by atoms with Gasteiger partial charge in [0.2, 0.25) is 0 Å². The largest absolute Gasteiger partial charge is 0.409 e. The maximum absolute atomic E-state index is 8.69. The minimum absolute atomic E-state index is 0.0532. The quantitative estimate of drug-likeness (QED) is 0.315. The van der Waals surface area contributed by atoms with Gasteiger partial charge in [0.1, 0.15) is 5.69 Å². The van der Waals surface area contributed by atoms with Gasteiger partial charge in [-0.25, -0.2) is 0 Å². The number of oxime groups is 1. The molecule has 0 aromatic carbocycles. The highest BCUT2D eigenvalue weighted by molar-refractivity contribution is 5.96. The van der Waals surface area contributed by atoms with Crippen molar-refractivity contribution in [2.24, 2.45) is 16.3 Å². The summed E-state index contributed by atoms with van der Waals surface area (Å²) in [6.45, 7) is 5.16. The van der Waals surface area contributed by atoms with E-state index in [4.69, 9.17) is 10.9 Å². The minimum Gasteiger partial charge on any atom is -0.409 e. The van der Waals surface area contributed by atoms with E-state index in [1.54, 1.807) is 6.20 Å². The number of hydrogen-bond acceptors (Lipinski definition) is 4. The Hall–Kier alpha value is -1.62. The second kappa shape index (κ2) is 4.33. The monoisotopic (exact) mass is 234 g/mol. The van der Waals surface area contributed by atoms with Gasteiger partial charge in [0.15, 0.2) is 5.84 Å². The molecule has 0 radical (unpaired) electrons. The SMILES string of the molecule is CC1(C)CC1NCc1cccnc1C(N)=NO. The van der Waals surface area contributed by atoms with E-state index < -0.39 is 0 Å². The van der Waals surface area contributed by atoms with E-state index in [0.29, 0.717) is 23.7 Å². The first-order valence-corrected chi connectivity index (χ1v) is 5.70. The highest BCUT2D eigenvalue weighted by Crippen LogP contribution is 2.44. The number of hydrogen-bond donors (Lipinski definition) is 3.